The van der Waals surface area contributed by atoms with Crippen LogP contribution >= 0.6 is 0 Å². The molecule has 2 heterocycles. The van der Waals surface area contributed by atoms with Gasteiger partial charge in [0.15, 0.2) is 11.5 Å². The molecule has 1 atom stereocenters. The largest absolute Gasteiger partial charge is 0.486 e. The topological polar surface area (TPSA) is 88.1 Å². The Kier molecular flexibility index (Phi) is 4.55. The van der Waals surface area contributed by atoms with Crippen molar-refractivity contribution >= 4 is 12.0 Å². The van der Waals surface area contributed by atoms with Gasteiger partial charge in [-0.2, -0.15) is 0 Å². The van der Waals surface area contributed by atoms with Gasteiger partial charge in [0.2, 0.25) is 0 Å². The number of benzene rings is 1. The van der Waals surface area contributed by atoms with Gasteiger partial charge in [-0.1, -0.05) is 6.07 Å². The summed E-state index contributed by atoms with van der Waals surface area (Å²) in [5.74, 6) is 0.525. The van der Waals surface area contributed by atoms with E-state index in [1.54, 1.807) is 4.90 Å². The minimum Gasteiger partial charge on any atom is -0.486 e. The lowest BCUT2D eigenvalue weighted by Crippen LogP contribution is -2.40. The summed E-state index contributed by atoms with van der Waals surface area (Å²) in [6.07, 6.45) is 1.73. The van der Waals surface area contributed by atoms with Crippen molar-refractivity contribution in [3.8, 4) is 11.5 Å². The highest BCUT2D eigenvalue weighted by Gasteiger charge is 2.30. The first-order chi connectivity index (χ1) is 11.1. The number of fused-ring (bicyclic) bond motifs is 1. The molecule has 7 nitrogen and oxygen atoms in total. The third-order valence-electron chi connectivity index (χ3n) is 4.08. The molecule has 1 fully saturated rings. The molecule has 124 valence electrons. The van der Waals surface area contributed by atoms with Crippen molar-refractivity contribution in [3.63, 3.8) is 0 Å². The Balaban J connectivity index is 1.68. The highest BCUT2D eigenvalue weighted by molar-refractivity contribution is 5.76. The number of ether oxygens (including phenoxy) is 2. The number of carboxylic acids is 1. The molecule has 23 heavy (non-hydrogen) atoms. The van der Waals surface area contributed by atoms with Crippen molar-refractivity contribution in [3.05, 3.63) is 23.8 Å². The predicted molar refractivity (Wildman–Crippen MR) is 81.8 cm³/mol. The van der Waals surface area contributed by atoms with E-state index in [0.717, 1.165) is 24.2 Å². The van der Waals surface area contributed by atoms with Gasteiger partial charge in [0, 0.05) is 13.1 Å². The second-order valence-corrected chi connectivity index (χ2v) is 5.63. The Morgan fingerprint density at radius 1 is 1.26 bits per heavy atom. The van der Waals surface area contributed by atoms with Gasteiger partial charge in [-0.05, 0) is 30.5 Å². The van der Waals surface area contributed by atoms with E-state index in [4.69, 9.17) is 14.6 Å². The molecular formula is C16H20N2O5. The van der Waals surface area contributed by atoms with Crippen LogP contribution in [0.5, 0.6) is 11.5 Å². The first kappa shape index (κ1) is 15.5. The molecule has 0 aliphatic carbocycles. The molecule has 0 radical (unpaired) electrons. The Hall–Kier alpha value is -2.44. The number of carbonyl (C=O) groups is 2. The number of likely N-dealkylation sites (tertiary alicyclic amines) is 1. The average Bonchev–Trinajstić information content (AvgIpc) is 3.03. The van der Waals surface area contributed by atoms with Crippen LogP contribution in [0.15, 0.2) is 18.2 Å². The maximum atomic E-state index is 12.3. The van der Waals surface area contributed by atoms with Crippen molar-refractivity contribution in [2.45, 2.75) is 25.3 Å². The normalized spacial score (nSPS) is 19.5. The fraction of sp³-hybridized carbons (Fsp3) is 0.500. The van der Waals surface area contributed by atoms with Gasteiger partial charge < -0.3 is 24.8 Å². The molecule has 0 saturated carbocycles. The molecule has 0 aromatic heterocycles. The fourth-order valence-electron chi connectivity index (χ4n) is 3.00. The Morgan fingerprint density at radius 2 is 2.04 bits per heavy atom. The van der Waals surface area contributed by atoms with Crippen LogP contribution in [0.25, 0.3) is 0 Å². The Morgan fingerprint density at radius 3 is 2.83 bits per heavy atom. The number of nitrogens with one attached hydrogen (secondary N) is 1. The van der Waals surface area contributed by atoms with E-state index >= 15 is 0 Å². The van der Waals surface area contributed by atoms with Crippen LogP contribution in [-0.2, 0) is 4.79 Å². The van der Waals surface area contributed by atoms with Crippen LogP contribution in [0.2, 0.25) is 0 Å². The summed E-state index contributed by atoms with van der Waals surface area (Å²) in [7, 11) is 0. The molecular weight excluding hydrogens is 300 g/mol. The molecule has 1 saturated heterocycles. The molecule has 2 amide bonds. The molecule has 7 heteroatoms. The third-order valence-corrected chi connectivity index (χ3v) is 4.08. The van der Waals surface area contributed by atoms with Gasteiger partial charge in [-0.25, -0.2) is 4.79 Å². The summed E-state index contributed by atoms with van der Waals surface area (Å²) in [4.78, 5) is 24.6. The SMILES string of the molecule is O=C(O)CCNC(=O)N1CCCC1c1ccc2c(c1)OCCO2. The van der Waals surface area contributed by atoms with Crippen molar-refractivity contribution in [2.75, 3.05) is 26.3 Å². The molecule has 0 spiro atoms. The van der Waals surface area contributed by atoms with Crippen LogP contribution in [0.1, 0.15) is 30.9 Å². The molecule has 2 aliphatic heterocycles. The predicted octanol–water partition coefficient (Wildman–Crippen LogP) is 1.78. The average molecular weight is 320 g/mol. The summed E-state index contributed by atoms with van der Waals surface area (Å²) in [6.45, 7) is 1.88. The number of rotatable bonds is 4. The van der Waals surface area contributed by atoms with Gasteiger partial charge in [0.05, 0.1) is 12.5 Å². The van der Waals surface area contributed by atoms with E-state index in [0.29, 0.717) is 25.5 Å². The highest BCUT2D eigenvalue weighted by Crippen LogP contribution is 2.37. The lowest BCUT2D eigenvalue weighted by atomic mass is 10.0. The van der Waals surface area contributed by atoms with Crippen LogP contribution in [0.4, 0.5) is 4.79 Å². The number of carbonyl (C=O) groups excluding carboxylic acids is 1. The lowest BCUT2D eigenvalue weighted by molar-refractivity contribution is -0.136. The first-order valence-corrected chi connectivity index (χ1v) is 7.81. The minimum absolute atomic E-state index is 0.0179. The quantitative estimate of drug-likeness (QED) is 0.883. The smallest absolute Gasteiger partial charge is 0.317 e. The summed E-state index contributed by atoms with van der Waals surface area (Å²) >= 11 is 0. The van der Waals surface area contributed by atoms with Crippen molar-refractivity contribution in [1.82, 2.24) is 10.2 Å². The van der Waals surface area contributed by atoms with Crippen LogP contribution in [0, 0.1) is 0 Å². The van der Waals surface area contributed by atoms with Crippen LogP contribution in [-0.4, -0.2) is 48.3 Å². The number of hydrogen-bond acceptors (Lipinski definition) is 4. The van der Waals surface area contributed by atoms with E-state index in [1.165, 1.54) is 0 Å². The van der Waals surface area contributed by atoms with E-state index in [-0.39, 0.29) is 25.0 Å². The fourth-order valence-corrected chi connectivity index (χ4v) is 3.00. The monoisotopic (exact) mass is 320 g/mol. The zero-order chi connectivity index (χ0) is 16.2. The van der Waals surface area contributed by atoms with Crippen LogP contribution < -0.4 is 14.8 Å². The van der Waals surface area contributed by atoms with E-state index in [2.05, 4.69) is 5.32 Å². The second kappa shape index (κ2) is 6.76. The van der Waals surface area contributed by atoms with Crippen LogP contribution in [0.3, 0.4) is 0 Å². The van der Waals surface area contributed by atoms with Crippen molar-refractivity contribution < 1.29 is 24.2 Å². The van der Waals surface area contributed by atoms with E-state index in [1.807, 2.05) is 18.2 Å². The highest BCUT2D eigenvalue weighted by atomic mass is 16.6. The number of urea groups is 1. The number of nitrogens with zero attached hydrogens (tertiary/aromatic N) is 1. The van der Waals surface area contributed by atoms with Gasteiger partial charge >= 0.3 is 12.0 Å². The summed E-state index contributed by atoms with van der Waals surface area (Å²) in [6, 6.07) is 5.53. The van der Waals surface area contributed by atoms with E-state index in [9.17, 15) is 9.59 Å². The number of aliphatic carboxylic acids is 1. The zero-order valence-electron chi connectivity index (χ0n) is 12.8. The minimum atomic E-state index is -0.921. The van der Waals surface area contributed by atoms with Gasteiger partial charge in [0.1, 0.15) is 13.2 Å². The number of carboxylic acid groups (broad SMARTS) is 1. The Labute approximate surface area is 134 Å². The molecule has 3 rings (SSSR count). The van der Waals surface area contributed by atoms with Crippen molar-refractivity contribution in [2.24, 2.45) is 0 Å². The molecule has 0 bridgehead atoms. The summed E-state index contributed by atoms with van der Waals surface area (Å²) in [5.41, 5.74) is 1.01. The lowest BCUT2D eigenvalue weighted by Gasteiger charge is -2.26. The van der Waals surface area contributed by atoms with Gasteiger partial charge in [-0.15, -0.1) is 0 Å². The standard InChI is InChI=1S/C16H20N2O5/c19-15(20)5-6-17-16(21)18-7-1-2-12(18)11-3-4-13-14(10-11)23-9-8-22-13/h3-4,10,12H,1-2,5-9H2,(H,17,21)(H,19,20). The first-order valence-electron chi connectivity index (χ1n) is 7.81. The summed E-state index contributed by atoms with van der Waals surface area (Å²) < 4.78 is 11.1. The maximum absolute atomic E-state index is 12.3. The van der Waals surface area contributed by atoms with Gasteiger partial charge in [0.25, 0.3) is 0 Å². The van der Waals surface area contributed by atoms with E-state index < -0.39 is 5.97 Å². The Bertz CT molecular complexity index is 604. The summed E-state index contributed by atoms with van der Waals surface area (Å²) in [5, 5.41) is 11.3. The second-order valence-electron chi connectivity index (χ2n) is 5.63. The molecule has 1 aromatic carbocycles. The third kappa shape index (κ3) is 3.49. The zero-order valence-corrected chi connectivity index (χ0v) is 12.8. The molecule has 1 unspecified atom stereocenters. The number of amides is 2. The number of hydrogen-bond donors (Lipinski definition) is 2. The molecule has 1 aromatic rings. The molecule has 2 N–H and O–H groups in total. The van der Waals surface area contributed by atoms with Gasteiger partial charge in [-0.3, -0.25) is 4.79 Å². The molecule has 2 aliphatic rings. The maximum Gasteiger partial charge on any atom is 0.317 e. The van der Waals surface area contributed by atoms with Crippen molar-refractivity contribution in [1.29, 1.82) is 0 Å².